The highest BCUT2D eigenvalue weighted by Crippen LogP contribution is 2.19. The van der Waals surface area contributed by atoms with Crippen LogP contribution in [-0.2, 0) is 16.1 Å². The van der Waals surface area contributed by atoms with Gasteiger partial charge in [-0.05, 0) is 18.6 Å². The molecule has 1 aromatic carbocycles. The third kappa shape index (κ3) is 3.16. The van der Waals surface area contributed by atoms with Crippen LogP contribution in [0.5, 0.6) is 0 Å². The normalized spacial score (nSPS) is 17.0. The summed E-state index contributed by atoms with van der Waals surface area (Å²) in [5.74, 6) is -0.304. The van der Waals surface area contributed by atoms with Gasteiger partial charge in [0.1, 0.15) is 6.54 Å². The fourth-order valence-corrected chi connectivity index (χ4v) is 2.91. The molecule has 0 aliphatic carbocycles. The standard InChI is InChI=1S/C17H17N5O3/c23-16(20-12-7-19-22(8-12)13-5-6-25-10-13)9-21-11-18-15-4-2-1-3-14(15)17(21)24/h1-4,7-8,11,13H,5-6,9-10H2,(H,20,23)/t13-/m1/s1. The first-order valence-corrected chi connectivity index (χ1v) is 8.06. The van der Waals surface area contributed by atoms with Gasteiger partial charge in [-0.1, -0.05) is 12.1 Å². The van der Waals surface area contributed by atoms with E-state index in [9.17, 15) is 9.59 Å². The second-order valence-electron chi connectivity index (χ2n) is 5.97. The Morgan fingerprint density at radius 2 is 2.24 bits per heavy atom. The molecule has 3 heterocycles. The minimum Gasteiger partial charge on any atom is -0.379 e. The molecular formula is C17H17N5O3. The molecule has 25 heavy (non-hydrogen) atoms. The molecule has 1 saturated heterocycles. The van der Waals surface area contributed by atoms with Gasteiger partial charge in [-0.3, -0.25) is 18.8 Å². The van der Waals surface area contributed by atoms with Crippen LogP contribution >= 0.6 is 0 Å². The monoisotopic (exact) mass is 339 g/mol. The van der Waals surface area contributed by atoms with Gasteiger partial charge in [0.05, 0.1) is 41.8 Å². The average molecular weight is 339 g/mol. The number of ether oxygens (including phenoxy) is 1. The minimum atomic E-state index is -0.304. The van der Waals surface area contributed by atoms with Gasteiger partial charge < -0.3 is 10.1 Å². The van der Waals surface area contributed by atoms with Gasteiger partial charge in [0.2, 0.25) is 5.91 Å². The number of hydrogen-bond donors (Lipinski definition) is 1. The van der Waals surface area contributed by atoms with Crippen molar-refractivity contribution in [1.29, 1.82) is 0 Å². The Morgan fingerprint density at radius 3 is 3.08 bits per heavy atom. The minimum absolute atomic E-state index is 0.103. The van der Waals surface area contributed by atoms with Crippen LogP contribution < -0.4 is 10.9 Å². The largest absolute Gasteiger partial charge is 0.379 e. The summed E-state index contributed by atoms with van der Waals surface area (Å²) in [7, 11) is 0. The number of hydrogen-bond acceptors (Lipinski definition) is 5. The van der Waals surface area contributed by atoms with Crippen molar-refractivity contribution in [1.82, 2.24) is 19.3 Å². The molecule has 0 bridgehead atoms. The lowest BCUT2D eigenvalue weighted by atomic mass is 10.2. The van der Waals surface area contributed by atoms with Crippen LogP contribution in [0.4, 0.5) is 5.69 Å². The van der Waals surface area contributed by atoms with E-state index in [1.165, 1.54) is 10.9 Å². The third-order valence-electron chi connectivity index (χ3n) is 4.21. The molecule has 128 valence electrons. The summed E-state index contributed by atoms with van der Waals surface area (Å²) in [4.78, 5) is 28.9. The number of nitrogens with zero attached hydrogens (tertiary/aromatic N) is 4. The fourth-order valence-electron chi connectivity index (χ4n) is 2.91. The molecule has 1 aliphatic rings. The molecule has 8 heteroatoms. The van der Waals surface area contributed by atoms with Gasteiger partial charge in [0.15, 0.2) is 0 Å². The molecule has 0 spiro atoms. The smallest absolute Gasteiger partial charge is 0.261 e. The second kappa shape index (κ2) is 6.48. The Kier molecular flexibility index (Phi) is 4.02. The van der Waals surface area contributed by atoms with Crippen molar-refractivity contribution in [3.63, 3.8) is 0 Å². The number of carbonyl (C=O) groups excluding carboxylic acids is 1. The van der Waals surface area contributed by atoms with Crippen molar-refractivity contribution in [3.05, 3.63) is 53.3 Å². The highest BCUT2D eigenvalue weighted by Gasteiger charge is 2.18. The van der Waals surface area contributed by atoms with Crippen LogP contribution in [0.15, 0.2) is 47.8 Å². The summed E-state index contributed by atoms with van der Waals surface area (Å²) in [6.07, 6.45) is 5.67. The molecule has 3 aromatic rings. The van der Waals surface area contributed by atoms with Crippen molar-refractivity contribution >= 4 is 22.5 Å². The van der Waals surface area contributed by atoms with Crippen LogP contribution in [0.25, 0.3) is 10.9 Å². The number of nitrogens with one attached hydrogen (secondary N) is 1. The van der Waals surface area contributed by atoms with E-state index in [4.69, 9.17) is 4.74 Å². The van der Waals surface area contributed by atoms with E-state index in [1.807, 2.05) is 6.07 Å². The number of fused-ring (bicyclic) bond motifs is 1. The Balaban J connectivity index is 1.47. The number of carbonyl (C=O) groups is 1. The zero-order valence-electron chi connectivity index (χ0n) is 13.5. The molecule has 1 N–H and O–H groups in total. The van der Waals surface area contributed by atoms with Gasteiger partial charge in [-0.15, -0.1) is 0 Å². The van der Waals surface area contributed by atoms with Crippen molar-refractivity contribution in [2.24, 2.45) is 0 Å². The van der Waals surface area contributed by atoms with Gasteiger partial charge >= 0.3 is 0 Å². The molecule has 1 fully saturated rings. The van der Waals surface area contributed by atoms with Gasteiger partial charge in [0.25, 0.3) is 5.56 Å². The van der Waals surface area contributed by atoms with Crippen molar-refractivity contribution in [2.75, 3.05) is 18.5 Å². The Morgan fingerprint density at radius 1 is 1.36 bits per heavy atom. The van der Waals surface area contributed by atoms with E-state index in [0.29, 0.717) is 23.2 Å². The quantitative estimate of drug-likeness (QED) is 0.771. The summed E-state index contributed by atoms with van der Waals surface area (Å²) in [5, 5.41) is 7.51. The fraction of sp³-hybridized carbons (Fsp3) is 0.294. The summed E-state index contributed by atoms with van der Waals surface area (Å²) in [5.41, 5.74) is 0.975. The van der Waals surface area contributed by atoms with E-state index in [2.05, 4.69) is 15.4 Å². The highest BCUT2D eigenvalue weighted by molar-refractivity contribution is 5.90. The van der Waals surface area contributed by atoms with Crippen LogP contribution in [0.1, 0.15) is 12.5 Å². The first-order valence-electron chi connectivity index (χ1n) is 8.06. The predicted octanol–water partition coefficient (Wildman–Crippen LogP) is 1.19. The number of rotatable bonds is 4. The molecule has 0 unspecified atom stereocenters. The van der Waals surface area contributed by atoms with Gasteiger partial charge in [0, 0.05) is 12.8 Å². The van der Waals surface area contributed by atoms with E-state index < -0.39 is 0 Å². The van der Waals surface area contributed by atoms with E-state index in [-0.39, 0.29) is 24.1 Å². The first kappa shape index (κ1) is 15.5. The van der Waals surface area contributed by atoms with Crippen molar-refractivity contribution in [2.45, 2.75) is 19.0 Å². The topological polar surface area (TPSA) is 91.0 Å². The van der Waals surface area contributed by atoms with E-state index in [1.54, 1.807) is 35.3 Å². The average Bonchev–Trinajstić information content (AvgIpc) is 3.29. The number of amides is 1. The molecular weight excluding hydrogens is 322 g/mol. The molecule has 1 amide bonds. The van der Waals surface area contributed by atoms with Crippen molar-refractivity contribution < 1.29 is 9.53 Å². The second-order valence-corrected chi connectivity index (χ2v) is 5.97. The van der Waals surface area contributed by atoms with Crippen molar-refractivity contribution in [3.8, 4) is 0 Å². The number of para-hydroxylation sites is 1. The molecule has 4 rings (SSSR count). The van der Waals surface area contributed by atoms with Crippen LogP contribution in [0, 0.1) is 0 Å². The van der Waals surface area contributed by atoms with Gasteiger partial charge in [-0.25, -0.2) is 4.98 Å². The zero-order chi connectivity index (χ0) is 17.2. The zero-order valence-corrected chi connectivity index (χ0v) is 13.5. The molecule has 1 atom stereocenters. The maximum absolute atomic E-state index is 12.4. The number of aromatic nitrogens is 4. The van der Waals surface area contributed by atoms with Crippen LogP contribution in [-0.4, -0.2) is 38.5 Å². The number of anilines is 1. The number of benzene rings is 1. The molecule has 8 nitrogen and oxygen atoms in total. The predicted molar refractivity (Wildman–Crippen MR) is 91.3 cm³/mol. The molecule has 0 radical (unpaired) electrons. The van der Waals surface area contributed by atoms with E-state index >= 15 is 0 Å². The highest BCUT2D eigenvalue weighted by atomic mass is 16.5. The molecule has 2 aromatic heterocycles. The molecule has 1 aliphatic heterocycles. The summed E-state index contributed by atoms with van der Waals surface area (Å²) < 4.78 is 8.43. The first-order chi connectivity index (χ1) is 12.2. The summed E-state index contributed by atoms with van der Waals surface area (Å²) >= 11 is 0. The lowest BCUT2D eigenvalue weighted by molar-refractivity contribution is -0.116. The molecule has 0 saturated carbocycles. The maximum Gasteiger partial charge on any atom is 0.261 e. The van der Waals surface area contributed by atoms with E-state index in [0.717, 1.165) is 13.0 Å². The lowest BCUT2D eigenvalue weighted by Crippen LogP contribution is -2.27. The Hall–Kier alpha value is -3.00. The van der Waals surface area contributed by atoms with Gasteiger partial charge in [-0.2, -0.15) is 5.10 Å². The Bertz CT molecular complexity index is 972. The Labute approximate surface area is 143 Å². The maximum atomic E-state index is 12.4. The van der Waals surface area contributed by atoms with Crippen LogP contribution in [0.2, 0.25) is 0 Å². The third-order valence-corrected chi connectivity index (χ3v) is 4.21. The van der Waals surface area contributed by atoms with Crippen LogP contribution in [0.3, 0.4) is 0 Å². The summed E-state index contributed by atoms with van der Waals surface area (Å²) in [6.45, 7) is 1.26. The SMILES string of the molecule is O=C(Cn1cnc2ccccc2c1=O)Nc1cnn([C@@H]2CCOC2)c1. The summed E-state index contributed by atoms with van der Waals surface area (Å²) in [6, 6.07) is 7.27. The lowest BCUT2D eigenvalue weighted by Gasteiger charge is -2.08.